The Labute approximate surface area is 210 Å². The van der Waals surface area contributed by atoms with Crippen molar-refractivity contribution in [2.45, 2.75) is 24.7 Å². The Kier molecular flexibility index (Phi) is 8.80. The molecule has 3 aromatic rings. The number of hydrogen-bond acceptors (Lipinski definition) is 5. The van der Waals surface area contributed by atoms with Gasteiger partial charge in [-0.25, -0.2) is 0 Å². The van der Waals surface area contributed by atoms with Crippen molar-refractivity contribution in [3.63, 3.8) is 0 Å². The standard InChI is InChI=1S/C22H20Cl3N5O2S/c1-3-9-30-20(13(2)26-21(32)14-7-5-4-6-8-14)28-29-22(30)33-12-19(31)27-18-11-16(24)15(23)10-17(18)25/h3-8,10-11,13H,1,9,12H2,2H3,(H,26,32)(H,27,31)/t13-/m1/s1. The van der Waals surface area contributed by atoms with Gasteiger partial charge in [-0.2, -0.15) is 0 Å². The van der Waals surface area contributed by atoms with E-state index in [0.29, 0.717) is 33.8 Å². The maximum atomic E-state index is 12.5. The lowest BCUT2D eigenvalue weighted by Gasteiger charge is -2.15. The van der Waals surface area contributed by atoms with E-state index in [4.69, 9.17) is 34.8 Å². The summed E-state index contributed by atoms with van der Waals surface area (Å²) in [6.45, 7) is 6.00. The number of nitrogens with one attached hydrogen (secondary N) is 2. The predicted octanol–water partition coefficient (Wildman–Crippen LogP) is 5.65. The number of halogens is 3. The second-order valence-corrected chi connectivity index (χ2v) is 9.05. The van der Waals surface area contributed by atoms with Crippen LogP contribution in [0.25, 0.3) is 0 Å². The monoisotopic (exact) mass is 523 g/mol. The van der Waals surface area contributed by atoms with Crippen LogP contribution < -0.4 is 10.6 Å². The fourth-order valence-corrected chi connectivity index (χ4v) is 4.25. The molecule has 0 radical (unpaired) electrons. The Bertz CT molecular complexity index is 1170. The highest BCUT2D eigenvalue weighted by molar-refractivity contribution is 7.99. The predicted molar refractivity (Wildman–Crippen MR) is 133 cm³/mol. The lowest BCUT2D eigenvalue weighted by atomic mass is 10.2. The third-order valence-electron chi connectivity index (χ3n) is 4.44. The number of carbonyl (C=O) groups is 2. The maximum Gasteiger partial charge on any atom is 0.251 e. The molecule has 1 heterocycles. The molecule has 0 aliphatic carbocycles. The molecule has 11 heteroatoms. The number of amides is 2. The van der Waals surface area contributed by atoms with Crippen LogP contribution in [0, 0.1) is 0 Å². The third-order valence-corrected chi connectivity index (χ3v) is 6.45. The van der Waals surface area contributed by atoms with E-state index < -0.39 is 6.04 Å². The molecule has 0 bridgehead atoms. The number of carbonyl (C=O) groups excluding carboxylic acids is 2. The number of aromatic nitrogens is 3. The first-order valence-electron chi connectivity index (χ1n) is 9.77. The number of anilines is 1. The van der Waals surface area contributed by atoms with E-state index in [2.05, 4.69) is 27.4 Å². The van der Waals surface area contributed by atoms with Gasteiger partial charge in [0.1, 0.15) is 0 Å². The van der Waals surface area contributed by atoms with Gasteiger partial charge in [-0.1, -0.05) is 70.8 Å². The Morgan fingerprint density at radius 1 is 1.12 bits per heavy atom. The van der Waals surface area contributed by atoms with Crippen molar-refractivity contribution >= 4 is 64.1 Å². The number of benzene rings is 2. The van der Waals surface area contributed by atoms with E-state index in [1.54, 1.807) is 34.9 Å². The molecule has 0 unspecified atom stereocenters. The van der Waals surface area contributed by atoms with E-state index in [9.17, 15) is 9.59 Å². The molecule has 0 fully saturated rings. The second kappa shape index (κ2) is 11.6. The Balaban J connectivity index is 1.67. The molecule has 172 valence electrons. The smallest absolute Gasteiger partial charge is 0.251 e. The summed E-state index contributed by atoms with van der Waals surface area (Å²) >= 11 is 19.2. The van der Waals surface area contributed by atoms with Gasteiger partial charge in [0.25, 0.3) is 5.91 Å². The van der Waals surface area contributed by atoms with E-state index in [0.717, 1.165) is 0 Å². The topological polar surface area (TPSA) is 88.9 Å². The van der Waals surface area contributed by atoms with Gasteiger partial charge in [0.15, 0.2) is 11.0 Å². The summed E-state index contributed by atoms with van der Waals surface area (Å²) in [6.07, 6.45) is 1.69. The third kappa shape index (κ3) is 6.51. The van der Waals surface area contributed by atoms with Gasteiger partial charge in [-0.05, 0) is 31.2 Å². The summed E-state index contributed by atoms with van der Waals surface area (Å²) in [7, 11) is 0. The van der Waals surface area contributed by atoms with Crippen LogP contribution in [0.1, 0.15) is 29.1 Å². The van der Waals surface area contributed by atoms with E-state index in [-0.39, 0.29) is 27.6 Å². The van der Waals surface area contributed by atoms with Crippen molar-refractivity contribution in [3.05, 3.63) is 81.6 Å². The highest BCUT2D eigenvalue weighted by Gasteiger charge is 2.20. The molecule has 2 amide bonds. The van der Waals surface area contributed by atoms with Gasteiger partial charge in [-0.15, -0.1) is 16.8 Å². The van der Waals surface area contributed by atoms with E-state index >= 15 is 0 Å². The first-order chi connectivity index (χ1) is 15.8. The van der Waals surface area contributed by atoms with Crippen molar-refractivity contribution in [3.8, 4) is 0 Å². The van der Waals surface area contributed by atoms with E-state index in [1.165, 1.54) is 23.9 Å². The molecule has 0 aliphatic rings. The number of allylic oxidation sites excluding steroid dienone is 1. The molecular weight excluding hydrogens is 505 g/mol. The van der Waals surface area contributed by atoms with Crippen LogP contribution >= 0.6 is 46.6 Å². The number of nitrogens with zero attached hydrogens (tertiary/aromatic N) is 3. The summed E-state index contributed by atoms with van der Waals surface area (Å²) in [5.74, 6) is 0.0785. The van der Waals surface area contributed by atoms with Crippen LogP contribution in [0.4, 0.5) is 5.69 Å². The molecule has 0 saturated carbocycles. The summed E-state index contributed by atoms with van der Waals surface area (Å²) in [5, 5.41) is 15.4. The van der Waals surface area contributed by atoms with Gasteiger partial charge < -0.3 is 15.2 Å². The Morgan fingerprint density at radius 2 is 1.82 bits per heavy atom. The quantitative estimate of drug-likeness (QED) is 0.215. The Morgan fingerprint density at radius 3 is 2.52 bits per heavy atom. The van der Waals surface area contributed by atoms with Crippen molar-refractivity contribution in [2.75, 3.05) is 11.1 Å². The van der Waals surface area contributed by atoms with Crippen LogP contribution in [0.3, 0.4) is 0 Å². The second-order valence-electron chi connectivity index (χ2n) is 6.88. The van der Waals surface area contributed by atoms with Crippen LogP contribution in [0.2, 0.25) is 15.1 Å². The summed E-state index contributed by atoms with van der Waals surface area (Å²) in [6, 6.07) is 11.4. The van der Waals surface area contributed by atoms with Crippen molar-refractivity contribution in [2.24, 2.45) is 0 Å². The maximum absolute atomic E-state index is 12.5. The van der Waals surface area contributed by atoms with Crippen LogP contribution in [-0.2, 0) is 11.3 Å². The number of rotatable bonds is 9. The fraction of sp³-hybridized carbons (Fsp3) is 0.182. The fourth-order valence-electron chi connectivity index (χ4n) is 2.90. The highest BCUT2D eigenvalue weighted by Crippen LogP contribution is 2.32. The zero-order chi connectivity index (χ0) is 24.0. The van der Waals surface area contributed by atoms with Crippen LogP contribution in [0.5, 0.6) is 0 Å². The van der Waals surface area contributed by atoms with Gasteiger partial charge in [0.05, 0.1) is 32.5 Å². The molecular formula is C22H20Cl3N5O2S. The first-order valence-corrected chi connectivity index (χ1v) is 11.9. The SMILES string of the molecule is C=CCn1c(SCC(=O)Nc2cc(Cl)c(Cl)cc2Cl)nnc1[C@@H](C)NC(=O)c1ccccc1. The molecule has 1 aromatic heterocycles. The summed E-state index contributed by atoms with van der Waals surface area (Å²) < 4.78 is 1.80. The zero-order valence-corrected chi connectivity index (χ0v) is 20.6. The minimum Gasteiger partial charge on any atom is -0.342 e. The molecule has 33 heavy (non-hydrogen) atoms. The molecule has 3 rings (SSSR count). The first kappa shape index (κ1) is 25.1. The van der Waals surface area contributed by atoms with Gasteiger partial charge in [0, 0.05) is 12.1 Å². The average Bonchev–Trinajstić information content (AvgIpc) is 3.19. The zero-order valence-electron chi connectivity index (χ0n) is 17.5. The molecule has 0 saturated heterocycles. The minimum absolute atomic E-state index is 0.0522. The van der Waals surface area contributed by atoms with Crippen LogP contribution in [-0.4, -0.2) is 32.3 Å². The van der Waals surface area contributed by atoms with Crippen molar-refractivity contribution in [1.29, 1.82) is 0 Å². The molecule has 2 N–H and O–H groups in total. The number of thioether (sulfide) groups is 1. The Hall–Kier alpha value is -2.52. The van der Waals surface area contributed by atoms with Gasteiger partial charge >= 0.3 is 0 Å². The number of hydrogen-bond donors (Lipinski definition) is 2. The summed E-state index contributed by atoms with van der Waals surface area (Å²) in [5.41, 5.74) is 0.911. The van der Waals surface area contributed by atoms with Crippen molar-refractivity contribution in [1.82, 2.24) is 20.1 Å². The molecule has 7 nitrogen and oxygen atoms in total. The highest BCUT2D eigenvalue weighted by atomic mass is 35.5. The normalized spacial score (nSPS) is 11.6. The molecule has 0 aliphatic heterocycles. The van der Waals surface area contributed by atoms with Crippen molar-refractivity contribution < 1.29 is 9.59 Å². The lowest BCUT2D eigenvalue weighted by Crippen LogP contribution is -2.28. The largest absolute Gasteiger partial charge is 0.342 e. The molecule has 2 aromatic carbocycles. The minimum atomic E-state index is -0.414. The van der Waals surface area contributed by atoms with Crippen LogP contribution in [0.15, 0.2) is 60.3 Å². The van der Waals surface area contributed by atoms with Gasteiger partial charge in [-0.3, -0.25) is 9.59 Å². The average molecular weight is 525 g/mol. The molecule has 0 spiro atoms. The van der Waals surface area contributed by atoms with E-state index in [1.807, 2.05) is 13.0 Å². The molecule has 1 atom stereocenters. The summed E-state index contributed by atoms with van der Waals surface area (Å²) in [4.78, 5) is 24.9. The lowest BCUT2D eigenvalue weighted by molar-refractivity contribution is -0.113. The van der Waals surface area contributed by atoms with Gasteiger partial charge in [0.2, 0.25) is 5.91 Å².